The van der Waals surface area contributed by atoms with Gasteiger partial charge in [-0.15, -0.1) is 0 Å². The Bertz CT molecular complexity index is 198. The zero-order chi connectivity index (χ0) is 11.7. The van der Waals surface area contributed by atoms with Crippen molar-refractivity contribution in [1.82, 2.24) is 0 Å². The third kappa shape index (κ3) is 9.19. The van der Waals surface area contributed by atoms with Crippen LogP contribution in [0.1, 0.15) is 53.3 Å². The van der Waals surface area contributed by atoms with E-state index in [-0.39, 0.29) is 37.4 Å². The first-order valence-corrected chi connectivity index (χ1v) is 5.55. The van der Waals surface area contributed by atoms with Gasteiger partial charge in [-0.1, -0.05) is 45.4 Å². The predicted molar refractivity (Wildman–Crippen MR) is 57.9 cm³/mol. The van der Waals surface area contributed by atoms with Crippen LogP contribution in [-0.2, 0) is 9.59 Å². The molecule has 0 fully saturated rings. The molecule has 4 nitrogen and oxygen atoms in total. The smallest absolute Gasteiger partial charge is 1.00 e. The molecule has 0 heterocycles. The quantitative estimate of drug-likeness (QED) is 0.328. The summed E-state index contributed by atoms with van der Waals surface area (Å²) in [4.78, 5) is 21.1. The second kappa shape index (κ2) is 11.4. The minimum Gasteiger partial charge on any atom is -1.00 e. The molecular formula is C11H21NaO4. The van der Waals surface area contributed by atoms with Gasteiger partial charge in [-0.2, -0.15) is 0 Å². The molecule has 0 unspecified atom stereocenters. The molecule has 5 heteroatoms. The van der Waals surface area contributed by atoms with Crippen LogP contribution in [0.5, 0.6) is 0 Å². The molecule has 0 aliphatic rings. The Kier molecular flexibility index (Phi) is 13.1. The Morgan fingerprint density at radius 2 is 1.44 bits per heavy atom. The van der Waals surface area contributed by atoms with Gasteiger partial charge < -0.3 is 11.6 Å². The molecule has 0 atom stereocenters. The van der Waals surface area contributed by atoms with Crippen LogP contribution < -0.4 is 29.6 Å². The number of unbranched alkanes of at least 4 members (excludes halogenated alkanes) is 5. The summed E-state index contributed by atoms with van der Waals surface area (Å²) < 4.78 is 0. The van der Waals surface area contributed by atoms with Gasteiger partial charge in [0.1, 0.15) is 0 Å². The molecular weight excluding hydrogens is 219 g/mol. The maximum Gasteiger partial charge on any atom is 1.00 e. The van der Waals surface area contributed by atoms with Crippen molar-refractivity contribution >= 4 is 11.9 Å². The zero-order valence-corrected chi connectivity index (χ0v) is 12.2. The van der Waals surface area contributed by atoms with Gasteiger partial charge in [-0.05, 0) is 6.42 Å². The first-order valence-electron chi connectivity index (χ1n) is 5.55. The topological polar surface area (TPSA) is 74.6 Å². The van der Waals surface area contributed by atoms with Crippen LogP contribution in [0.3, 0.4) is 0 Å². The van der Waals surface area contributed by atoms with Crippen LogP contribution in [0.2, 0.25) is 0 Å². The number of carboxylic acids is 2. The summed E-state index contributed by atoms with van der Waals surface area (Å²) in [6, 6.07) is 0. The van der Waals surface area contributed by atoms with Gasteiger partial charge in [0.05, 0.1) is 0 Å². The third-order valence-electron chi connectivity index (χ3n) is 2.44. The molecule has 0 bridgehead atoms. The Hall–Kier alpha value is -0.0600. The van der Waals surface area contributed by atoms with Gasteiger partial charge in [-0.3, -0.25) is 9.59 Å². The second-order valence-corrected chi connectivity index (χ2v) is 3.79. The first-order chi connectivity index (χ1) is 7.09. The molecule has 0 amide bonds. The maximum absolute atomic E-state index is 10.5. The SMILES string of the molecule is CCCCCCCCC(C(=O)O)C(=O)O.[H-].[Na+]. The van der Waals surface area contributed by atoms with E-state index in [0.717, 1.165) is 19.3 Å². The largest absolute Gasteiger partial charge is 1.00 e. The van der Waals surface area contributed by atoms with E-state index in [1.165, 1.54) is 12.8 Å². The fourth-order valence-corrected chi connectivity index (χ4v) is 1.48. The molecule has 0 rings (SSSR count). The van der Waals surface area contributed by atoms with Gasteiger partial charge in [0.2, 0.25) is 0 Å². The van der Waals surface area contributed by atoms with E-state index in [2.05, 4.69) is 6.92 Å². The Balaban J connectivity index is -0.000000980. The normalized spacial score (nSPS) is 9.88. The van der Waals surface area contributed by atoms with Crippen LogP contribution in [0.15, 0.2) is 0 Å². The summed E-state index contributed by atoms with van der Waals surface area (Å²) >= 11 is 0. The fourth-order valence-electron chi connectivity index (χ4n) is 1.48. The predicted octanol–water partition coefficient (Wildman–Crippen LogP) is -0.361. The van der Waals surface area contributed by atoms with Crippen molar-refractivity contribution in [1.29, 1.82) is 0 Å². The number of rotatable bonds is 9. The molecule has 0 saturated carbocycles. The average molecular weight is 240 g/mol. The van der Waals surface area contributed by atoms with Crippen molar-refractivity contribution in [2.24, 2.45) is 5.92 Å². The molecule has 0 aromatic carbocycles. The summed E-state index contributed by atoms with van der Waals surface area (Å²) in [7, 11) is 0. The minimum atomic E-state index is -1.23. The summed E-state index contributed by atoms with van der Waals surface area (Å²) in [5.41, 5.74) is 0. The Morgan fingerprint density at radius 3 is 1.88 bits per heavy atom. The molecule has 0 aliphatic carbocycles. The third-order valence-corrected chi connectivity index (χ3v) is 2.44. The maximum atomic E-state index is 10.5. The van der Waals surface area contributed by atoms with E-state index < -0.39 is 17.9 Å². The number of carbonyl (C=O) groups is 2. The van der Waals surface area contributed by atoms with Gasteiger partial charge in [0, 0.05) is 0 Å². The van der Waals surface area contributed by atoms with E-state index in [0.29, 0.717) is 6.42 Å². The van der Waals surface area contributed by atoms with Gasteiger partial charge in [-0.25, -0.2) is 0 Å². The molecule has 0 saturated heterocycles. The van der Waals surface area contributed by atoms with Crippen LogP contribution in [0.25, 0.3) is 0 Å². The van der Waals surface area contributed by atoms with Crippen LogP contribution >= 0.6 is 0 Å². The van der Waals surface area contributed by atoms with Gasteiger partial charge in [0.25, 0.3) is 0 Å². The number of carboxylic acid groups (broad SMARTS) is 2. The summed E-state index contributed by atoms with van der Waals surface area (Å²) in [6.45, 7) is 2.13. The van der Waals surface area contributed by atoms with E-state index in [1.54, 1.807) is 0 Å². The summed E-state index contributed by atoms with van der Waals surface area (Å²) in [5, 5.41) is 17.2. The molecule has 16 heavy (non-hydrogen) atoms. The van der Waals surface area contributed by atoms with Crippen LogP contribution in [0, 0.1) is 5.92 Å². The summed E-state index contributed by atoms with van der Waals surface area (Å²) in [5.74, 6) is -3.68. The van der Waals surface area contributed by atoms with E-state index in [1.807, 2.05) is 0 Å². The molecule has 2 N–H and O–H groups in total. The van der Waals surface area contributed by atoms with Gasteiger partial charge in [0.15, 0.2) is 5.92 Å². The second-order valence-electron chi connectivity index (χ2n) is 3.79. The zero-order valence-electron chi connectivity index (χ0n) is 11.2. The number of aliphatic carboxylic acids is 2. The molecule has 0 spiro atoms. The van der Waals surface area contributed by atoms with Crippen molar-refractivity contribution in [3.8, 4) is 0 Å². The van der Waals surface area contributed by atoms with E-state index in [4.69, 9.17) is 10.2 Å². The van der Waals surface area contributed by atoms with E-state index >= 15 is 0 Å². The van der Waals surface area contributed by atoms with Crippen molar-refractivity contribution < 1.29 is 50.8 Å². The van der Waals surface area contributed by atoms with Crippen molar-refractivity contribution in [2.75, 3.05) is 0 Å². The molecule has 0 aliphatic heterocycles. The fraction of sp³-hybridized carbons (Fsp3) is 0.818. The standard InChI is InChI=1S/C11H20O4.Na.H/c1-2-3-4-5-6-7-8-9(10(12)13)11(14)15;;/h9H,2-8H2,1H3,(H,12,13)(H,14,15);;/q;+1;-1. The monoisotopic (exact) mass is 240 g/mol. The average Bonchev–Trinajstić information content (AvgIpc) is 2.15. The van der Waals surface area contributed by atoms with Crippen LogP contribution in [0.4, 0.5) is 0 Å². The van der Waals surface area contributed by atoms with Crippen molar-refractivity contribution in [3.63, 3.8) is 0 Å². The van der Waals surface area contributed by atoms with Crippen molar-refractivity contribution in [3.05, 3.63) is 0 Å². The first kappa shape index (κ1) is 18.3. The minimum absolute atomic E-state index is 0. The number of hydrogen-bond donors (Lipinski definition) is 2. The van der Waals surface area contributed by atoms with Gasteiger partial charge >= 0.3 is 41.5 Å². The number of hydrogen-bond acceptors (Lipinski definition) is 2. The molecule has 90 valence electrons. The molecule has 0 radical (unpaired) electrons. The van der Waals surface area contributed by atoms with Crippen LogP contribution in [-0.4, -0.2) is 22.2 Å². The molecule has 0 aromatic rings. The Morgan fingerprint density at radius 1 is 1.00 bits per heavy atom. The van der Waals surface area contributed by atoms with E-state index in [9.17, 15) is 9.59 Å². The Labute approximate surface area is 120 Å². The van der Waals surface area contributed by atoms with Crippen molar-refractivity contribution in [2.45, 2.75) is 51.9 Å². The summed E-state index contributed by atoms with van der Waals surface area (Å²) in [6.07, 6.45) is 6.45. The molecule has 0 aromatic heterocycles.